The van der Waals surface area contributed by atoms with Crippen LogP contribution in [0.3, 0.4) is 0 Å². The summed E-state index contributed by atoms with van der Waals surface area (Å²) in [5, 5.41) is 32.8. The molecule has 5 rings (SSSR count). The lowest BCUT2D eigenvalue weighted by atomic mass is 9.90. The Hall–Kier alpha value is -3.48. The zero-order chi connectivity index (χ0) is 30.0. The summed E-state index contributed by atoms with van der Waals surface area (Å²) in [6.07, 6.45) is 0.522. The molecule has 3 aromatic rings. The number of fused-ring (bicyclic) bond motifs is 1. The first-order valence-corrected chi connectivity index (χ1v) is 15.1. The Morgan fingerprint density at radius 2 is 1.88 bits per heavy atom. The summed E-state index contributed by atoms with van der Waals surface area (Å²) in [6.45, 7) is 6.81. The summed E-state index contributed by atoms with van der Waals surface area (Å²) in [5.41, 5.74) is 7.39. The number of thiazole rings is 1. The Bertz CT molecular complexity index is 1460. The van der Waals surface area contributed by atoms with Gasteiger partial charge in [-0.3, -0.25) is 14.6 Å². The average Bonchev–Trinajstić information content (AvgIpc) is 3.68. The number of carbonyl (C=O) groups excluding carboxylic acids is 2. The van der Waals surface area contributed by atoms with Gasteiger partial charge in [-0.05, 0) is 68.1 Å². The van der Waals surface area contributed by atoms with Crippen molar-refractivity contribution in [3.63, 3.8) is 0 Å². The number of nitrogens with one attached hydrogen (secondary N) is 3. The van der Waals surface area contributed by atoms with Gasteiger partial charge >= 0.3 is 0 Å². The molecule has 5 N–H and O–H groups in total. The van der Waals surface area contributed by atoms with Gasteiger partial charge < -0.3 is 25.7 Å². The molecule has 222 valence electrons. The Kier molecular flexibility index (Phi) is 9.14. The summed E-state index contributed by atoms with van der Waals surface area (Å²) in [4.78, 5) is 32.8. The van der Waals surface area contributed by atoms with Gasteiger partial charge in [-0.25, -0.2) is 10.4 Å². The van der Waals surface area contributed by atoms with Crippen LogP contribution in [0, 0.1) is 0 Å². The highest BCUT2D eigenvalue weighted by atomic mass is 35.5. The number of aliphatic hydroxyl groups is 2. The van der Waals surface area contributed by atoms with Gasteiger partial charge in [0.25, 0.3) is 11.8 Å². The predicted octanol–water partition coefficient (Wildman–Crippen LogP) is 3.53. The lowest BCUT2D eigenvalue weighted by Gasteiger charge is -2.38. The number of aromatic nitrogens is 1. The second-order valence-electron chi connectivity index (χ2n) is 10.7. The number of anilines is 2. The first kappa shape index (κ1) is 30.0. The monoisotopic (exact) mass is 610 g/mol. The van der Waals surface area contributed by atoms with Gasteiger partial charge in [0.2, 0.25) is 0 Å². The largest absolute Gasteiger partial charge is 0.380 e. The quantitative estimate of drug-likeness (QED) is 0.249. The SMILES string of the molecule is CC(C)Nc1nc([C@@H]2c3ccc(Cl)cc3CCN2C(=O)[C@H](O)[C@@H](O)C(=O)N[C@H](C)c2ccc(N3C=CCN3)cc2)cs1. The van der Waals surface area contributed by atoms with Crippen LogP contribution in [0.25, 0.3) is 0 Å². The van der Waals surface area contributed by atoms with E-state index in [-0.39, 0.29) is 12.6 Å². The van der Waals surface area contributed by atoms with Gasteiger partial charge in [-0.15, -0.1) is 11.3 Å². The van der Waals surface area contributed by atoms with Crippen molar-refractivity contribution in [1.29, 1.82) is 0 Å². The molecule has 2 aromatic carbocycles. The van der Waals surface area contributed by atoms with Crippen LogP contribution in [0.2, 0.25) is 5.02 Å². The zero-order valence-corrected chi connectivity index (χ0v) is 25.2. The van der Waals surface area contributed by atoms with Crippen LogP contribution in [0.5, 0.6) is 0 Å². The fourth-order valence-electron chi connectivity index (χ4n) is 5.17. The number of hydrogen-bond acceptors (Lipinski definition) is 9. The smallest absolute Gasteiger partial charge is 0.255 e. The van der Waals surface area contributed by atoms with Gasteiger partial charge in [0, 0.05) is 35.7 Å². The minimum atomic E-state index is -1.96. The highest BCUT2D eigenvalue weighted by Gasteiger charge is 2.40. The minimum Gasteiger partial charge on any atom is -0.380 e. The van der Waals surface area contributed by atoms with E-state index in [0.29, 0.717) is 22.3 Å². The van der Waals surface area contributed by atoms with Gasteiger partial charge in [0.05, 0.1) is 17.4 Å². The number of benzene rings is 2. The maximum atomic E-state index is 13.7. The van der Waals surface area contributed by atoms with Gasteiger partial charge in [0.15, 0.2) is 17.3 Å². The second kappa shape index (κ2) is 12.8. The van der Waals surface area contributed by atoms with Crippen LogP contribution < -0.4 is 21.1 Å². The summed E-state index contributed by atoms with van der Waals surface area (Å²) >= 11 is 7.68. The molecule has 4 atom stereocenters. The molecule has 0 fully saturated rings. The fraction of sp³-hybridized carbons (Fsp3) is 0.367. The van der Waals surface area contributed by atoms with E-state index in [0.717, 1.165) is 28.9 Å². The van der Waals surface area contributed by atoms with Crippen molar-refractivity contribution in [2.24, 2.45) is 0 Å². The number of halogens is 1. The van der Waals surface area contributed by atoms with Crippen molar-refractivity contribution in [2.75, 3.05) is 23.4 Å². The highest BCUT2D eigenvalue weighted by Crippen LogP contribution is 2.38. The third-order valence-corrected chi connectivity index (χ3v) is 8.34. The number of hydrazine groups is 1. The number of amides is 2. The third kappa shape index (κ3) is 6.45. The van der Waals surface area contributed by atoms with Gasteiger partial charge in [0.1, 0.15) is 6.04 Å². The Morgan fingerprint density at radius 1 is 1.12 bits per heavy atom. The van der Waals surface area contributed by atoms with Crippen LogP contribution in [-0.2, 0) is 16.0 Å². The molecule has 10 nitrogen and oxygen atoms in total. The number of aliphatic hydroxyl groups excluding tert-OH is 2. The minimum absolute atomic E-state index is 0.175. The molecule has 0 aliphatic carbocycles. The molecular formula is C30H35ClN6O4S. The van der Waals surface area contributed by atoms with Crippen molar-refractivity contribution in [2.45, 2.75) is 57.5 Å². The molecule has 2 aliphatic rings. The van der Waals surface area contributed by atoms with Crippen molar-refractivity contribution in [3.8, 4) is 0 Å². The van der Waals surface area contributed by atoms with Crippen LogP contribution in [0.4, 0.5) is 10.8 Å². The summed E-state index contributed by atoms with van der Waals surface area (Å²) in [6, 6.07) is 12.2. The third-order valence-electron chi connectivity index (χ3n) is 7.32. The first-order valence-electron chi connectivity index (χ1n) is 13.9. The standard InChI is InChI=1S/C30H35ClN6O4S/c1-17(2)33-30-35-24(16-42-30)25-23-10-7-21(31)15-20(23)11-14-36(25)29(41)27(39)26(38)28(40)34-18(3)19-5-8-22(9-6-19)37-13-4-12-32-37/h4-10,13,15-18,25-27,32,38-39H,11-12,14H2,1-3H3,(H,33,35)(H,34,40)/t18-,25+,26-,27-/m1/s1. The van der Waals surface area contributed by atoms with E-state index in [1.807, 2.05) is 72.9 Å². The summed E-state index contributed by atoms with van der Waals surface area (Å²) in [7, 11) is 0. The van der Waals surface area contributed by atoms with Crippen LogP contribution in [0.1, 0.15) is 55.2 Å². The maximum absolute atomic E-state index is 13.7. The second-order valence-corrected chi connectivity index (χ2v) is 12.0. The van der Waals surface area contributed by atoms with Crippen molar-refractivity contribution in [1.82, 2.24) is 20.6 Å². The van der Waals surface area contributed by atoms with Gasteiger partial charge in [-0.2, -0.15) is 0 Å². The van der Waals surface area contributed by atoms with Crippen molar-refractivity contribution >= 4 is 45.6 Å². The lowest BCUT2D eigenvalue weighted by molar-refractivity contribution is -0.155. The molecule has 0 radical (unpaired) electrons. The predicted molar refractivity (Wildman–Crippen MR) is 164 cm³/mol. The van der Waals surface area contributed by atoms with Crippen LogP contribution in [-0.4, -0.2) is 63.3 Å². The van der Waals surface area contributed by atoms with E-state index in [2.05, 4.69) is 16.1 Å². The molecule has 42 heavy (non-hydrogen) atoms. The molecule has 2 amide bonds. The fourth-order valence-corrected chi connectivity index (χ4v) is 6.24. The number of hydrogen-bond donors (Lipinski definition) is 5. The highest BCUT2D eigenvalue weighted by molar-refractivity contribution is 7.13. The van der Waals surface area contributed by atoms with E-state index in [1.165, 1.54) is 16.2 Å². The van der Waals surface area contributed by atoms with E-state index < -0.39 is 36.1 Å². The van der Waals surface area contributed by atoms with E-state index in [9.17, 15) is 19.8 Å². The van der Waals surface area contributed by atoms with Crippen LogP contribution >= 0.6 is 22.9 Å². The Labute approximate surface area is 254 Å². The van der Waals surface area contributed by atoms with Crippen molar-refractivity contribution < 1.29 is 19.8 Å². The number of nitrogens with zero attached hydrogens (tertiary/aromatic N) is 3. The molecule has 1 aromatic heterocycles. The zero-order valence-electron chi connectivity index (χ0n) is 23.6. The molecule has 0 saturated carbocycles. The Balaban J connectivity index is 1.30. The first-order chi connectivity index (χ1) is 20.1. The molecule has 2 aliphatic heterocycles. The summed E-state index contributed by atoms with van der Waals surface area (Å²) in [5.74, 6) is -1.59. The molecule has 3 heterocycles. The van der Waals surface area contributed by atoms with Crippen molar-refractivity contribution in [3.05, 3.63) is 87.5 Å². The molecule has 0 saturated heterocycles. The molecule has 0 unspecified atom stereocenters. The van der Waals surface area contributed by atoms with Crippen LogP contribution in [0.15, 0.2) is 60.1 Å². The maximum Gasteiger partial charge on any atom is 0.255 e. The summed E-state index contributed by atoms with van der Waals surface area (Å²) < 4.78 is 0. The van der Waals surface area contributed by atoms with Gasteiger partial charge in [-0.1, -0.05) is 35.9 Å². The number of rotatable bonds is 9. The topological polar surface area (TPSA) is 130 Å². The Morgan fingerprint density at radius 3 is 2.57 bits per heavy atom. The average molecular weight is 611 g/mol. The lowest BCUT2D eigenvalue weighted by Crippen LogP contribution is -2.53. The molecule has 0 bridgehead atoms. The molecule has 12 heteroatoms. The normalized spacial score (nSPS) is 18.5. The number of carbonyl (C=O) groups is 2. The van der Waals surface area contributed by atoms with E-state index >= 15 is 0 Å². The molecule has 0 spiro atoms. The molecular weight excluding hydrogens is 576 g/mol. The van der Waals surface area contributed by atoms with E-state index in [4.69, 9.17) is 16.6 Å². The van der Waals surface area contributed by atoms with E-state index in [1.54, 1.807) is 13.0 Å².